The molecule has 2 fully saturated rings. The van der Waals surface area contributed by atoms with Gasteiger partial charge in [0, 0.05) is 24.4 Å². The lowest BCUT2D eigenvalue weighted by Crippen LogP contribution is -2.70. The Bertz CT molecular complexity index is 848. The van der Waals surface area contributed by atoms with E-state index in [9.17, 15) is 14.4 Å². The lowest BCUT2D eigenvalue weighted by Gasteiger charge is -2.42. The highest BCUT2D eigenvalue weighted by atomic mass is 16.6. The Balaban J connectivity index is 1.93. The summed E-state index contributed by atoms with van der Waals surface area (Å²) in [7, 11) is 0. The monoisotopic (exact) mass is 427 g/mol. The Morgan fingerprint density at radius 2 is 1.90 bits per heavy atom. The largest absolute Gasteiger partial charge is 0.445 e. The molecule has 0 radical (unpaired) electrons. The SMILES string of the molecule is C=CCC1C2CCC(N2C(=O)OCc2ccccc2)[C@]1(NC(C)=O)C(=O)NC(C)(C)C. The summed E-state index contributed by atoms with van der Waals surface area (Å²) in [5.41, 5.74) is -0.812. The van der Waals surface area contributed by atoms with Crippen LogP contribution in [0.4, 0.5) is 4.79 Å². The zero-order valence-electron chi connectivity index (χ0n) is 18.8. The fourth-order valence-electron chi connectivity index (χ4n) is 5.10. The minimum atomic E-state index is -1.22. The number of benzene rings is 1. The predicted octanol–water partition coefficient (Wildman–Crippen LogP) is 3.15. The van der Waals surface area contributed by atoms with Crippen molar-refractivity contribution in [2.75, 3.05) is 0 Å². The molecule has 7 nitrogen and oxygen atoms in total. The number of allylic oxidation sites excluding steroid dienone is 1. The molecule has 2 saturated heterocycles. The number of fused-ring (bicyclic) bond motifs is 2. The van der Waals surface area contributed by atoms with Crippen LogP contribution in [0.1, 0.15) is 52.5 Å². The van der Waals surface area contributed by atoms with Crippen molar-refractivity contribution >= 4 is 17.9 Å². The van der Waals surface area contributed by atoms with Gasteiger partial charge in [0.15, 0.2) is 0 Å². The van der Waals surface area contributed by atoms with Crippen LogP contribution in [-0.4, -0.2) is 46.0 Å². The maximum absolute atomic E-state index is 13.6. The molecule has 3 amide bonds. The van der Waals surface area contributed by atoms with E-state index in [1.54, 1.807) is 11.0 Å². The zero-order chi connectivity index (χ0) is 22.8. The summed E-state index contributed by atoms with van der Waals surface area (Å²) in [5.74, 6) is -0.849. The molecule has 7 heteroatoms. The number of hydrogen-bond acceptors (Lipinski definition) is 4. The molecule has 1 aromatic rings. The van der Waals surface area contributed by atoms with Crippen LogP contribution in [-0.2, 0) is 20.9 Å². The number of carbonyl (C=O) groups excluding carboxylic acids is 3. The van der Waals surface area contributed by atoms with Crippen molar-refractivity contribution in [1.82, 2.24) is 15.5 Å². The second kappa shape index (κ2) is 8.73. The minimum Gasteiger partial charge on any atom is -0.445 e. The van der Waals surface area contributed by atoms with E-state index in [2.05, 4.69) is 17.2 Å². The number of nitrogens with one attached hydrogen (secondary N) is 2. The molecular weight excluding hydrogens is 394 g/mol. The summed E-state index contributed by atoms with van der Waals surface area (Å²) < 4.78 is 5.62. The molecule has 2 N–H and O–H groups in total. The first-order valence-electron chi connectivity index (χ1n) is 10.8. The molecule has 2 bridgehead atoms. The van der Waals surface area contributed by atoms with Crippen molar-refractivity contribution in [2.24, 2.45) is 5.92 Å². The second-order valence-corrected chi connectivity index (χ2v) is 9.49. The average Bonchev–Trinajstić information content (AvgIpc) is 3.22. The van der Waals surface area contributed by atoms with Crippen molar-refractivity contribution < 1.29 is 19.1 Å². The van der Waals surface area contributed by atoms with Gasteiger partial charge in [0.05, 0.1) is 6.04 Å². The Kier molecular flexibility index (Phi) is 6.43. The second-order valence-electron chi connectivity index (χ2n) is 9.49. The van der Waals surface area contributed by atoms with Gasteiger partial charge in [0.25, 0.3) is 0 Å². The number of amides is 3. The van der Waals surface area contributed by atoms with Crippen molar-refractivity contribution in [3.63, 3.8) is 0 Å². The average molecular weight is 428 g/mol. The molecule has 2 heterocycles. The molecule has 0 aromatic heterocycles. The van der Waals surface area contributed by atoms with E-state index in [1.807, 2.05) is 51.1 Å². The molecular formula is C24H33N3O4. The van der Waals surface area contributed by atoms with Crippen LogP contribution < -0.4 is 10.6 Å². The highest BCUT2D eigenvalue weighted by molar-refractivity contribution is 5.94. The van der Waals surface area contributed by atoms with Crippen molar-refractivity contribution in [2.45, 2.75) is 76.7 Å². The van der Waals surface area contributed by atoms with E-state index in [0.29, 0.717) is 12.8 Å². The lowest BCUT2D eigenvalue weighted by atomic mass is 9.70. The van der Waals surface area contributed by atoms with Gasteiger partial charge in [-0.25, -0.2) is 4.79 Å². The highest BCUT2D eigenvalue weighted by Crippen LogP contribution is 2.50. The minimum absolute atomic E-state index is 0.156. The summed E-state index contributed by atoms with van der Waals surface area (Å²) in [6, 6.07) is 8.79. The quantitative estimate of drug-likeness (QED) is 0.683. The smallest absolute Gasteiger partial charge is 0.410 e. The van der Waals surface area contributed by atoms with Crippen molar-refractivity contribution in [3.05, 3.63) is 48.6 Å². The maximum Gasteiger partial charge on any atom is 0.410 e. The van der Waals surface area contributed by atoms with Gasteiger partial charge in [-0.1, -0.05) is 36.4 Å². The van der Waals surface area contributed by atoms with Gasteiger partial charge in [-0.05, 0) is 45.6 Å². The van der Waals surface area contributed by atoms with Crippen LogP contribution in [0, 0.1) is 5.92 Å². The summed E-state index contributed by atoms with van der Waals surface area (Å²) in [4.78, 5) is 40.7. The topological polar surface area (TPSA) is 87.7 Å². The number of nitrogens with zero attached hydrogens (tertiary/aromatic N) is 1. The van der Waals surface area contributed by atoms with E-state index >= 15 is 0 Å². The Morgan fingerprint density at radius 1 is 1.23 bits per heavy atom. The fraction of sp³-hybridized carbons (Fsp3) is 0.542. The van der Waals surface area contributed by atoms with Crippen LogP contribution in [0.3, 0.4) is 0 Å². The number of rotatable bonds is 6. The summed E-state index contributed by atoms with van der Waals surface area (Å²) in [6.45, 7) is 11.1. The van der Waals surface area contributed by atoms with E-state index in [4.69, 9.17) is 4.74 Å². The molecule has 0 saturated carbocycles. The van der Waals surface area contributed by atoms with Gasteiger partial charge < -0.3 is 15.4 Å². The van der Waals surface area contributed by atoms with Gasteiger partial charge in [0.1, 0.15) is 12.1 Å². The highest BCUT2D eigenvalue weighted by Gasteiger charge is 2.68. The first kappa shape index (κ1) is 22.8. The molecule has 2 aliphatic heterocycles. The molecule has 0 aliphatic carbocycles. The van der Waals surface area contributed by atoms with Gasteiger partial charge in [-0.15, -0.1) is 6.58 Å². The van der Waals surface area contributed by atoms with E-state index in [1.165, 1.54) is 6.92 Å². The molecule has 3 rings (SSSR count). The number of ether oxygens (including phenoxy) is 1. The number of hydrogen-bond donors (Lipinski definition) is 2. The Hall–Kier alpha value is -2.83. The third-order valence-corrected chi connectivity index (χ3v) is 6.09. The molecule has 168 valence electrons. The third-order valence-electron chi connectivity index (χ3n) is 6.09. The summed E-state index contributed by atoms with van der Waals surface area (Å²) in [5, 5.41) is 5.99. The third kappa shape index (κ3) is 4.45. The maximum atomic E-state index is 13.6. The summed E-state index contributed by atoms with van der Waals surface area (Å²) in [6.07, 6.45) is 3.17. The van der Waals surface area contributed by atoms with E-state index in [0.717, 1.165) is 12.0 Å². The van der Waals surface area contributed by atoms with Gasteiger partial charge >= 0.3 is 6.09 Å². The lowest BCUT2D eigenvalue weighted by molar-refractivity contribution is -0.137. The van der Waals surface area contributed by atoms with Crippen LogP contribution >= 0.6 is 0 Å². The van der Waals surface area contributed by atoms with Gasteiger partial charge in [0.2, 0.25) is 11.8 Å². The standard InChI is InChI=1S/C24H33N3O4/c1-6-10-18-19-13-14-20(24(18,25-16(2)28)21(29)26-23(3,4)5)27(19)22(30)31-15-17-11-8-7-9-12-17/h6-9,11-12,18-20H,1,10,13-15H2,2-5H3,(H,25,28)(H,26,29)/t18?,19?,20?,24-/m0/s1. The first-order chi connectivity index (χ1) is 14.6. The van der Waals surface area contributed by atoms with E-state index < -0.39 is 23.2 Å². The van der Waals surface area contributed by atoms with Crippen molar-refractivity contribution in [1.29, 1.82) is 0 Å². The Labute approximate surface area is 184 Å². The number of carbonyl (C=O) groups is 3. The fourth-order valence-corrected chi connectivity index (χ4v) is 5.10. The normalized spacial score (nSPS) is 27.0. The molecule has 2 aliphatic rings. The molecule has 3 unspecified atom stereocenters. The molecule has 0 spiro atoms. The van der Waals surface area contributed by atoms with Crippen LogP contribution in [0.15, 0.2) is 43.0 Å². The molecule has 4 atom stereocenters. The van der Waals surface area contributed by atoms with Crippen LogP contribution in [0.2, 0.25) is 0 Å². The van der Waals surface area contributed by atoms with Gasteiger partial charge in [-0.3, -0.25) is 14.5 Å². The summed E-state index contributed by atoms with van der Waals surface area (Å²) >= 11 is 0. The van der Waals surface area contributed by atoms with Crippen LogP contribution in [0.5, 0.6) is 0 Å². The van der Waals surface area contributed by atoms with Crippen LogP contribution in [0.25, 0.3) is 0 Å². The zero-order valence-corrected chi connectivity index (χ0v) is 18.8. The van der Waals surface area contributed by atoms with Gasteiger partial charge in [-0.2, -0.15) is 0 Å². The molecule has 1 aromatic carbocycles. The Morgan fingerprint density at radius 3 is 2.48 bits per heavy atom. The molecule has 31 heavy (non-hydrogen) atoms. The van der Waals surface area contributed by atoms with E-state index in [-0.39, 0.29) is 30.4 Å². The first-order valence-corrected chi connectivity index (χ1v) is 10.8. The predicted molar refractivity (Wildman–Crippen MR) is 118 cm³/mol. The van der Waals surface area contributed by atoms with Crippen molar-refractivity contribution in [3.8, 4) is 0 Å².